The SMILES string of the molecule is O=C(CNC(=O)c1ccc([N+](=O)[O-])cc1)NCC(=O)NC(Cc1c[nH]c2ccccc12)C(=O)OCc1ccccc1. The van der Waals surface area contributed by atoms with Crippen LogP contribution in [-0.2, 0) is 32.1 Å². The van der Waals surface area contributed by atoms with E-state index in [1.807, 2.05) is 54.6 Å². The summed E-state index contributed by atoms with van der Waals surface area (Å²) in [6.07, 6.45) is 1.92. The molecule has 0 saturated carbocycles. The van der Waals surface area contributed by atoms with Gasteiger partial charge < -0.3 is 25.7 Å². The highest BCUT2D eigenvalue weighted by Gasteiger charge is 2.24. The maximum absolute atomic E-state index is 13.0. The molecule has 0 fully saturated rings. The van der Waals surface area contributed by atoms with Gasteiger partial charge in [0.05, 0.1) is 18.0 Å². The number of nitrogens with one attached hydrogen (secondary N) is 4. The van der Waals surface area contributed by atoms with Crippen molar-refractivity contribution >= 4 is 40.3 Å². The Hall–Kier alpha value is -5.52. The van der Waals surface area contributed by atoms with Crippen molar-refractivity contribution in [1.29, 1.82) is 0 Å². The number of aromatic amines is 1. The van der Waals surface area contributed by atoms with Crippen molar-refractivity contribution in [2.45, 2.75) is 19.1 Å². The van der Waals surface area contributed by atoms with E-state index >= 15 is 0 Å². The maximum atomic E-state index is 13.0. The van der Waals surface area contributed by atoms with Gasteiger partial charge in [0.25, 0.3) is 11.6 Å². The zero-order valence-corrected chi connectivity index (χ0v) is 21.8. The van der Waals surface area contributed by atoms with Gasteiger partial charge in [0.2, 0.25) is 11.8 Å². The highest BCUT2D eigenvalue weighted by atomic mass is 16.6. The Morgan fingerprint density at radius 2 is 1.54 bits per heavy atom. The van der Waals surface area contributed by atoms with Gasteiger partial charge in [0.15, 0.2) is 0 Å². The topological polar surface area (TPSA) is 173 Å². The van der Waals surface area contributed by atoms with Crippen LogP contribution in [0.25, 0.3) is 10.9 Å². The summed E-state index contributed by atoms with van der Waals surface area (Å²) in [6.45, 7) is -0.839. The molecule has 4 rings (SSSR count). The van der Waals surface area contributed by atoms with Crippen molar-refractivity contribution in [2.75, 3.05) is 13.1 Å². The van der Waals surface area contributed by atoms with Gasteiger partial charge in [-0.25, -0.2) is 4.79 Å². The molecule has 0 aliphatic rings. The van der Waals surface area contributed by atoms with Crippen LogP contribution in [0.2, 0.25) is 0 Å². The first-order chi connectivity index (χ1) is 19.8. The Morgan fingerprint density at radius 3 is 2.27 bits per heavy atom. The van der Waals surface area contributed by atoms with E-state index in [0.29, 0.717) is 0 Å². The number of benzene rings is 3. The zero-order valence-electron chi connectivity index (χ0n) is 21.8. The first-order valence-electron chi connectivity index (χ1n) is 12.6. The number of amides is 3. The number of carbonyl (C=O) groups excluding carboxylic acids is 4. The lowest BCUT2D eigenvalue weighted by Gasteiger charge is -2.18. The normalized spacial score (nSPS) is 11.3. The van der Waals surface area contributed by atoms with E-state index in [-0.39, 0.29) is 24.3 Å². The number of nitrogens with zero attached hydrogens (tertiary/aromatic N) is 1. The number of carbonyl (C=O) groups is 4. The average molecular weight is 558 g/mol. The Bertz CT molecular complexity index is 1550. The molecule has 12 heteroatoms. The molecule has 1 heterocycles. The van der Waals surface area contributed by atoms with Crippen molar-refractivity contribution in [2.24, 2.45) is 0 Å². The summed E-state index contributed by atoms with van der Waals surface area (Å²) in [4.78, 5) is 63.4. The van der Waals surface area contributed by atoms with Crippen molar-refractivity contribution in [3.8, 4) is 0 Å². The van der Waals surface area contributed by atoms with Gasteiger partial charge in [0.1, 0.15) is 12.6 Å². The molecule has 0 aliphatic heterocycles. The summed E-state index contributed by atoms with van der Waals surface area (Å²) in [7, 11) is 0. The van der Waals surface area contributed by atoms with Crippen LogP contribution in [0.4, 0.5) is 5.69 Å². The number of H-pyrrole nitrogens is 1. The number of ether oxygens (including phenoxy) is 1. The summed E-state index contributed by atoms with van der Waals surface area (Å²) >= 11 is 0. The van der Waals surface area contributed by atoms with E-state index in [4.69, 9.17) is 4.74 Å². The third kappa shape index (κ3) is 7.99. The maximum Gasteiger partial charge on any atom is 0.329 e. The molecule has 1 unspecified atom stereocenters. The van der Waals surface area contributed by atoms with Crippen LogP contribution in [0.5, 0.6) is 0 Å². The second-order valence-corrected chi connectivity index (χ2v) is 9.04. The highest BCUT2D eigenvalue weighted by molar-refractivity contribution is 5.97. The number of hydrogen-bond acceptors (Lipinski definition) is 7. The minimum atomic E-state index is -1.02. The van der Waals surface area contributed by atoms with Crippen LogP contribution in [-0.4, -0.2) is 52.7 Å². The Kier molecular flexibility index (Phi) is 9.39. The molecule has 0 aliphatic carbocycles. The van der Waals surface area contributed by atoms with E-state index in [2.05, 4.69) is 20.9 Å². The fourth-order valence-electron chi connectivity index (χ4n) is 4.03. The predicted molar refractivity (Wildman–Crippen MR) is 149 cm³/mol. The molecule has 4 N–H and O–H groups in total. The number of nitro groups is 1. The van der Waals surface area contributed by atoms with Gasteiger partial charge in [0, 0.05) is 41.2 Å². The number of rotatable bonds is 12. The summed E-state index contributed by atoms with van der Waals surface area (Å²) in [5.74, 6) is -2.51. The zero-order chi connectivity index (χ0) is 29.2. The van der Waals surface area contributed by atoms with Crippen molar-refractivity contribution in [1.82, 2.24) is 20.9 Å². The van der Waals surface area contributed by atoms with Crippen LogP contribution in [0, 0.1) is 10.1 Å². The van der Waals surface area contributed by atoms with Crippen molar-refractivity contribution < 1.29 is 28.8 Å². The smallest absolute Gasteiger partial charge is 0.329 e. The quantitative estimate of drug-likeness (QED) is 0.118. The molecule has 0 radical (unpaired) electrons. The number of aromatic nitrogens is 1. The van der Waals surface area contributed by atoms with Crippen molar-refractivity contribution in [3.05, 3.63) is 112 Å². The third-order valence-corrected chi connectivity index (χ3v) is 6.14. The van der Waals surface area contributed by atoms with Gasteiger partial charge >= 0.3 is 5.97 Å². The standard InChI is InChI=1S/C29H27N5O7/c35-26(16-32-28(37)20-10-12-22(13-11-20)34(39)40)31-17-27(36)33-25(29(38)41-18-19-6-2-1-3-7-19)14-21-15-30-24-9-5-4-8-23(21)24/h1-13,15,25,30H,14,16-18H2,(H,31,35)(H,32,37)(H,33,36). The molecule has 1 atom stereocenters. The molecule has 0 spiro atoms. The largest absolute Gasteiger partial charge is 0.459 e. The number of fused-ring (bicyclic) bond motifs is 1. The van der Waals surface area contributed by atoms with E-state index in [1.165, 1.54) is 24.3 Å². The number of nitro benzene ring substituents is 1. The van der Waals surface area contributed by atoms with Gasteiger partial charge in [-0.05, 0) is 29.3 Å². The Labute approximate surface area is 234 Å². The number of esters is 1. The summed E-state index contributed by atoms with van der Waals surface area (Å²) in [6, 6.07) is 20.6. The molecule has 4 aromatic rings. The fraction of sp³-hybridized carbons (Fsp3) is 0.172. The fourth-order valence-corrected chi connectivity index (χ4v) is 4.03. The van der Waals surface area contributed by atoms with Crippen LogP contribution < -0.4 is 16.0 Å². The Balaban J connectivity index is 1.31. The first-order valence-corrected chi connectivity index (χ1v) is 12.6. The van der Waals surface area contributed by atoms with Crippen LogP contribution >= 0.6 is 0 Å². The average Bonchev–Trinajstić information content (AvgIpc) is 3.40. The lowest BCUT2D eigenvalue weighted by molar-refractivity contribution is -0.384. The number of hydrogen-bond donors (Lipinski definition) is 4. The first kappa shape index (κ1) is 28.5. The number of non-ortho nitro benzene ring substituents is 1. The molecular weight excluding hydrogens is 530 g/mol. The minimum absolute atomic E-state index is 0.0329. The molecule has 210 valence electrons. The number of para-hydroxylation sites is 1. The van der Waals surface area contributed by atoms with E-state index in [9.17, 15) is 29.3 Å². The summed E-state index contributed by atoms with van der Waals surface area (Å²) < 4.78 is 5.47. The van der Waals surface area contributed by atoms with Crippen LogP contribution in [0.15, 0.2) is 85.1 Å². The van der Waals surface area contributed by atoms with Crippen LogP contribution in [0.3, 0.4) is 0 Å². The third-order valence-electron chi connectivity index (χ3n) is 6.14. The lowest BCUT2D eigenvalue weighted by Crippen LogP contribution is -2.48. The van der Waals surface area contributed by atoms with Crippen molar-refractivity contribution in [3.63, 3.8) is 0 Å². The lowest BCUT2D eigenvalue weighted by atomic mass is 10.0. The summed E-state index contributed by atoms with van der Waals surface area (Å²) in [5, 5.41) is 19.0. The van der Waals surface area contributed by atoms with Gasteiger partial charge in [-0.3, -0.25) is 24.5 Å². The second kappa shape index (κ2) is 13.5. The molecule has 3 aromatic carbocycles. The molecule has 12 nitrogen and oxygen atoms in total. The highest BCUT2D eigenvalue weighted by Crippen LogP contribution is 2.19. The van der Waals surface area contributed by atoms with Crippen LogP contribution in [0.1, 0.15) is 21.5 Å². The van der Waals surface area contributed by atoms with E-state index in [1.54, 1.807) is 6.20 Å². The Morgan fingerprint density at radius 1 is 0.854 bits per heavy atom. The molecular formula is C29H27N5O7. The molecule has 0 bridgehead atoms. The predicted octanol–water partition coefficient (Wildman–Crippen LogP) is 2.39. The molecule has 0 saturated heterocycles. The second-order valence-electron chi connectivity index (χ2n) is 9.04. The molecule has 41 heavy (non-hydrogen) atoms. The summed E-state index contributed by atoms with van der Waals surface area (Å²) in [5.41, 5.74) is 2.45. The monoisotopic (exact) mass is 557 g/mol. The van der Waals surface area contributed by atoms with Gasteiger partial charge in [-0.1, -0.05) is 48.5 Å². The van der Waals surface area contributed by atoms with E-state index < -0.39 is 47.7 Å². The van der Waals surface area contributed by atoms with E-state index in [0.717, 1.165) is 22.0 Å². The van der Waals surface area contributed by atoms with Gasteiger partial charge in [-0.15, -0.1) is 0 Å². The van der Waals surface area contributed by atoms with Gasteiger partial charge in [-0.2, -0.15) is 0 Å². The minimum Gasteiger partial charge on any atom is -0.459 e. The molecule has 1 aromatic heterocycles. The molecule has 3 amide bonds.